The van der Waals surface area contributed by atoms with Crippen LogP contribution in [0.3, 0.4) is 0 Å². The van der Waals surface area contributed by atoms with E-state index in [1.165, 1.54) is 55.2 Å². The van der Waals surface area contributed by atoms with E-state index >= 15 is 0 Å². The summed E-state index contributed by atoms with van der Waals surface area (Å²) in [4.78, 5) is 0. The second-order valence-corrected chi connectivity index (χ2v) is 13.4. The zero-order chi connectivity index (χ0) is 34.6. The van der Waals surface area contributed by atoms with Crippen LogP contribution in [0, 0.1) is 0 Å². The van der Waals surface area contributed by atoms with E-state index in [0.29, 0.717) is 0 Å². The number of furan rings is 2. The molecule has 0 atom stereocenters. The summed E-state index contributed by atoms with van der Waals surface area (Å²) in [6.45, 7) is 0. The van der Waals surface area contributed by atoms with Gasteiger partial charge in [-0.05, 0) is 88.0 Å². The van der Waals surface area contributed by atoms with Crippen LogP contribution in [0.5, 0.6) is 0 Å². The Balaban J connectivity index is 0.000000130. The maximum Gasteiger partial charge on any atom is 0.178 e. The van der Waals surface area contributed by atoms with Crippen molar-refractivity contribution in [3.8, 4) is 33.4 Å². The van der Waals surface area contributed by atoms with Crippen molar-refractivity contribution in [1.29, 1.82) is 0 Å². The van der Waals surface area contributed by atoms with Crippen LogP contribution >= 0.6 is 0 Å². The Morgan fingerprint density at radius 3 is 1.23 bits per heavy atom. The number of nitrogens with zero attached hydrogens (tertiary/aromatic N) is 1. The molecule has 52 heavy (non-hydrogen) atoms. The molecule has 8 aromatic carbocycles. The van der Waals surface area contributed by atoms with E-state index in [1.54, 1.807) is 0 Å². The van der Waals surface area contributed by atoms with E-state index in [-0.39, 0.29) is 0 Å². The van der Waals surface area contributed by atoms with Gasteiger partial charge in [-0.3, -0.25) is 0 Å². The van der Waals surface area contributed by atoms with Gasteiger partial charge in [0.2, 0.25) is 0 Å². The van der Waals surface area contributed by atoms with Gasteiger partial charge >= 0.3 is 0 Å². The van der Waals surface area contributed by atoms with E-state index in [2.05, 4.69) is 163 Å². The number of hydrogen-bond acceptors (Lipinski definition) is 2. The summed E-state index contributed by atoms with van der Waals surface area (Å²) in [5, 5.41) is 7.03. The fourth-order valence-corrected chi connectivity index (χ4v) is 7.67. The van der Waals surface area contributed by atoms with E-state index in [4.69, 9.17) is 8.83 Å². The Morgan fingerprint density at radius 1 is 0.308 bits per heavy atom. The molecule has 0 radical (unpaired) electrons. The second-order valence-electron chi connectivity index (χ2n) is 13.4. The van der Waals surface area contributed by atoms with Gasteiger partial charge in [0.25, 0.3) is 0 Å². The normalized spacial score (nSPS) is 11.6. The van der Waals surface area contributed by atoms with Crippen molar-refractivity contribution in [2.45, 2.75) is 0 Å². The molecule has 246 valence electrons. The zero-order valence-corrected chi connectivity index (χ0v) is 28.6. The fraction of sp³-hybridized carbons (Fsp3) is 0.0204. The first-order chi connectivity index (χ1) is 25.7. The number of para-hydroxylation sites is 1. The number of hydrogen-bond donors (Lipinski definition) is 0. The summed E-state index contributed by atoms with van der Waals surface area (Å²) in [5.41, 5.74) is 13.4. The molecule has 0 amide bonds. The van der Waals surface area contributed by atoms with Gasteiger partial charge in [-0.15, -0.1) is 0 Å². The van der Waals surface area contributed by atoms with Crippen LogP contribution in [0.4, 0.5) is 0 Å². The SMILES string of the molecule is Cn1c2ccc(-c3ccccc3)cc2c2cc(-c3ccccc3)ccc21.c1ccc(-c2ccc3oc4c(ccc5c6ccccc6oc54)c3c2)cc1. The summed E-state index contributed by atoms with van der Waals surface area (Å²) >= 11 is 0. The van der Waals surface area contributed by atoms with Crippen LogP contribution in [0.2, 0.25) is 0 Å². The highest BCUT2D eigenvalue weighted by atomic mass is 16.4. The molecule has 11 rings (SSSR count). The molecule has 0 spiro atoms. The Kier molecular flexibility index (Phi) is 7.04. The van der Waals surface area contributed by atoms with Crippen molar-refractivity contribution in [3.63, 3.8) is 0 Å². The van der Waals surface area contributed by atoms with Crippen molar-refractivity contribution in [2.24, 2.45) is 7.05 Å². The summed E-state index contributed by atoms with van der Waals surface area (Å²) < 4.78 is 14.6. The van der Waals surface area contributed by atoms with Gasteiger partial charge in [0, 0.05) is 50.4 Å². The van der Waals surface area contributed by atoms with E-state index < -0.39 is 0 Å². The lowest BCUT2D eigenvalue weighted by Crippen LogP contribution is -1.86. The van der Waals surface area contributed by atoms with Crippen LogP contribution in [0.15, 0.2) is 191 Å². The molecule has 3 nitrogen and oxygen atoms in total. The van der Waals surface area contributed by atoms with Gasteiger partial charge in [0.05, 0.1) is 0 Å². The number of rotatable bonds is 3. The fourth-order valence-electron chi connectivity index (χ4n) is 7.67. The third-order valence-corrected chi connectivity index (χ3v) is 10.3. The molecule has 3 heteroatoms. The van der Waals surface area contributed by atoms with Gasteiger partial charge < -0.3 is 13.4 Å². The van der Waals surface area contributed by atoms with Crippen molar-refractivity contribution >= 4 is 65.7 Å². The molecule has 0 aliphatic carbocycles. The third-order valence-electron chi connectivity index (χ3n) is 10.3. The molecular formula is C49H33NO2. The van der Waals surface area contributed by atoms with Crippen LogP contribution < -0.4 is 0 Å². The van der Waals surface area contributed by atoms with E-state index in [1.807, 2.05) is 30.3 Å². The standard InChI is InChI=1S/C25H19N.C24H14O2/c1-26-24-14-12-20(18-8-4-2-5-9-18)16-22(24)23-17-21(13-15-25(23)26)19-10-6-3-7-11-19;1-2-6-15(7-3-1)16-10-13-22-20(14-16)19-12-11-18-17-8-4-5-9-21(17)25-23(18)24(19)26-22/h2-17H,1H3;1-14H. The van der Waals surface area contributed by atoms with Gasteiger partial charge in [-0.2, -0.15) is 0 Å². The van der Waals surface area contributed by atoms with Gasteiger partial charge in [-0.25, -0.2) is 0 Å². The number of aryl methyl sites for hydroxylation is 1. The average molecular weight is 668 g/mol. The second kappa shape index (κ2) is 12.2. The molecular weight excluding hydrogens is 635 g/mol. The minimum atomic E-state index is 0.818. The molecule has 0 aliphatic heterocycles. The third kappa shape index (κ3) is 4.98. The average Bonchev–Trinajstić information content (AvgIpc) is 3.88. The molecule has 0 N–H and O–H groups in total. The highest BCUT2D eigenvalue weighted by Gasteiger charge is 2.16. The number of fused-ring (bicyclic) bond motifs is 10. The number of aromatic nitrogens is 1. The molecule has 0 unspecified atom stereocenters. The minimum Gasteiger partial charge on any atom is -0.452 e. The summed E-state index contributed by atoms with van der Waals surface area (Å²) in [6.07, 6.45) is 0. The van der Waals surface area contributed by atoms with E-state index in [9.17, 15) is 0 Å². The maximum atomic E-state index is 6.19. The Bertz CT molecular complexity index is 2960. The first kappa shape index (κ1) is 30.0. The quantitative estimate of drug-likeness (QED) is 0.188. The molecule has 0 aliphatic rings. The first-order valence-electron chi connectivity index (χ1n) is 17.6. The van der Waals surface area contributed by atoms with E-state index in [0.717, 1.165) is 43.9 Å². The molecule has 11 aromatic rings. The lowest BCUT2D eigenvalue weighted by atomic mass is 10.0. The first-order valence-corrected chi connectivity index (χ1v) is 17.6. The van der Waals surface area contributed by atoms with Crippen molar-refractivity contribution in [3.05, 3.63) is 182 Å². The Labute approximate surface area is 300 Å². The molecule has 0 fully saturated rings. The zero-order valence-electron chi connectivity index (χ0n) is 28.6. The summed E-state index contributed by atoms with van der Waals surface area (Å²) in [5.74, 6) is 0. The molecule has 3 heterocycles. The number of benzene rings is 8. The predicted octanol–water partition coefficient (Wildman–Crippen LogP) is 13.8. The molecule has 0 saturated heterocycles. The lowest BCUT2D eigenvalue weighted by Gasteiger charge is -2.03. The van der Waals surface area contributed by atoms with Gasteiger partial charge in [0.15, 0.2) is 11.2 Å². The Morgan fingerprint density at radius 2 is 0.712 bits per heavy atom. The summed E-state index contributed by atoms with van der Waals surface area (Å²) in [6, 6.07) is 63.9. The topological polar surface area (TPSA) is 31.2 Å². The molecule has 0 saturated carbocycles. The highest BCUT2D eigenvalue weighted by molar-refractivity contribution is 6.19. The molecule has 0 bridgehead atoms. The Hall–Kier alpha value is -6.84. The van der Waals surface area contributed by atoms with Crippen LogP contribution in [0.25, 0.3) is 99.1 Å². The van der Waals surface area contributed by atoms with Gasteiger partial charge in [0.1, 0.15) is 11.2 Å². The largest absolute Gasteiger partial charge is 0.452 e. The smallest absolute Gasteiger partial charge is 0.178 e. The molecule has 3 aromatic heterocycles. The van der Waals surface area contributed by atoms with Crippen LogP contribution in [-0.4, -0.2) is 4.57 Å². The van der Waals surface area contributed by atoms with Gasteiger partial charge in [-0.1, -0.05) is 127 Å². The maximum absolute atomic E-state index is 6.19. The predicted molar refractivity (Wildman–Crippen MR) is 218 cm³/mol. The summed E-state index contributed by atoms with van der Waals surface area (Å²) in [7, 11) is 2.15. The lowest BCUT2D eigenvalue weighted by molar-refractivity contribution is 0.633. The van der Waals surface area contributed by atoms with Crippen LogP contribution in [-0.2, 0) is 7.05 Å². The minimum absolute atomic E-state index is 0.818. The van der Waals surface area contributed by atoms with Crippen molar-refractivity contribution in [1.82, 2.24) is 4.57 Å². The van der Waals surface area contributed by atoms with Crippen molar-refractivity contribution in [2.75, 3.05) is 0 Å². The monoisotopic (exact) mass is 667 g/mol. The highest BCUT2D eigenvalue weighted by Crippen LogP contribution is 2.40. The van der Waals surface area contributed by atoms with Crippen molar-refractivity contribution < 1.29 is 8.83 Å². The van der Waals surface area contributed by atoms with Crippen LogP contribution in [0.1, 0.15) is 0 Å².